The van der Waals surface area contributed by atoms with Crippen LogP contribution in [0.5, 0.6) is 0 Å². The zero-order valence-electron chi connectivity index (χ0n) is 8.70. The van der Waals surface area contributed by atoms with Gasteiger partial charge in [0.2, 0.25) is 0 Å². The van der Waals surface area contributed by atoms with E-state index in [0.717, 1.165) is 12.0 Å². The number of rotatable bonds is 3. The van der Waals surface area contributed by atoms with Gasteiger partial charge in [0.15, 0.2) is 0 Å². The van der Waals surface area contributed by atoms with Crippen LogP contribution in [-0.2, 0) is 6.42 Å². The maximum atomic E-state index is 4.13. The first-order valence-electron chi connectivity index (χ1n) is 5.43. The van der Waals surface area contributed by atoms with Crippen molar-refractivity contribution in [2.24, 2.45) is 5.92 Å². The molecule has 1 aromatic heterocycles. The number of aromatic nitrogens is 1. The van der Waals surface area contributed by atoms with E-state index in [0.29, 0.717) is 0 Å². The monoisotopic (exact) mass is 210 g/mol. The molecule has 1 N–H and O–H groups in total. The molecule has 1 aliphatic carbocycles. The van der Waals surface area contributed by atoms with Crippen molar-refractivity contribution >= 4 is 11.3 Å². The molecule has 0 aromatic carbocycles. The molecule has 2 nitrogen and oxygen atoms in total. The van der Waals surface area contributed by atoms with Crippen LogP contribution in [0.1, 0.15) is 30.6 Å². The minimum atomic E-state index is 0.752. The molecule has 0 amide bonds. The summed E-state index contributed by atoms with van der Waals surface area (Å²) < 4.78 is 0. The summed E-state index contributed by atoms with van der Waals surface area (Å²) in [5.41, 5.74) is 1.94. The van der Waals surface area contributed by atoms with Crippen molar-refractivity contribution in [1.29, 1.82) is 0 Å². The van der Waals surface area contributed by atoms with Gasteiger partial charge in [0.05, 0.1) is 5.51 Å². The fourth-order valence-electron chi connectivity index (χ4n) is 2.37. The van der Waals surface area contributed by atoms with Gasteiger partial charge in [0.25, 0.3) is 0 Å². The van der Waals surface area contributed by atoms with Crippen molar-refractivity contribution in [1.82, 2.24) is 10.3 Å². The van der Waals surface area contributed by atoms with Crippen LogP contribution < -0.4 is 5.32 Å². The lowest BCUT2D eigenvalue weighted by Gasteiger charge is -2.28. The summed E-state index contributed by atoms with van der Waals surface area (Å²) >= 11 is 1.79. The van der Waals surface area contributed by atoms with Crippen LogP contribution in [0.15, 0.2) is 11.7 Å². The quantitative estimate of drug-likeness (QED) is 0.829. The lowest BCUT2D eigenvalue weighted by Crippen LogP contribution is -2.31. The Hall–Kier alpha value is -0.410. The summed E-state index contributed by atoms with van der Waals surface area (Å²) in [5, 5.41) is 3.40. The summed E-state index contributed by atoms with van der Waals surface area (Å²) in [6.45, 7) is 0. The van der Waals surface area contributed by atoms with Crippen LogP contribution in [0.2, 0.25) is 0 Å². The Balaban J connectivity index is 1.86. The Kier molecular flexibility index (Phi) is 3.54. The SMILES string of the molecule is CNC1CCCC(Cc2cncs2)C1. The van der Waals surface area contributed by atoms with Gasteiger partial charge < -0.3 is 5.32 Å². The van der Waals surface area contributed by atoms with Crippen LogP contribution in [0.25, 0.3) is 0 Å². The summed E-state index contributed by atoms with van der Waals surface area (Å²) in [6, 6.07) is 0.752. The molecule has 1 fully saturated rings. The van der Waals surface area contributed by atoms with Crippen molar-refractivity contribution in [2.45, 2.75) is 38.1 Å². The first-order valence-corrected chi connectivity index (χ1v) is 6.31. The zero-order chi connectivity index (χ0) is 9.80. The third-order valence-electron chi connectivity index (χ3n) is 3.16. The molecule has 3 heteroatoms. The highest BCUT2D eigenvalue weighted by atomic mass is 32.1. The molecule has 1 aliphatic rings. The molecule has 2 unspecified atom stereocenters. The Labute approximate surface area is 89.8 Å². The highest BCUT2D eigenvalue weighted by molar-refractivity contribution is 7.09. The Morgan fingerprint density at radius 3 is 3.21 bits per heavy atom. The van der Waals surface area contributed by atoms with Gasteiger partial charge in [-0.25, -0.2) is 0 Å². The predicted octanol–water partition coefficient (Wildman–Crippen LogP) is 2.46. The van der Waals surface area contributed by atoms with Crippen molar-refractivity contribution in [3.8, 4) is 0 Å². The molecule has 78 valence electrons. The molecular weight excluding hydrogens is 192 g/mol. The van der Waals surface area contributed by atoms with Crippen LogP contribution in [0.4, 0.5) is 0 Å². The average molecular weight is 210 g/mol. The number of thiazole rings is 1. The van der Waals surface area contributed by atoms with Crippen LogP contribution in [0.3, 0.4) is 0 Å². The van der Waals surface area contributed by atoms with E-state index in [1.54, 1.807) is 11.3 Å². The van der Waals surface area contributed by atoms with Gasteiger partial charge in [0.1, 0.15) is 0 Å². The summed E-state index contributed by atoms with van der Waals surface area (Å²) in [4.78, 5) is 5.58. The first-order chi connectivity index (χ1) is 6.88. The Bertz CT molecular complexity index is 258. The number of nitrogens with zero attached hydrogens (tertiary/aromatic N) is 1. The highest BCUT2D eigenvalue weighted by Crippen LogP contribution is 2.27. The molecule has 1 heterocycles. The zero-order valence-corrected chi connectivity index (χ0v) is 9.52. The van der Waals surface area contributed by atoms with Gasteiger partial charge in [-0.05, 0) is 38.6 Å². The fraction of sp³-hybridized carbons (Fsp3) is 0.727. The second-order valence-electron chi connectivity index (χ2n) is 4.19. The van der Waals surface area contributed by atoms with Gasteiger partial charge in [-0.3, -0.25) is 4.98 Å². The predicted molar refractivity (Wildman–Crippen MR) is 60.6 cm³/mol. The van der Waals surface area contributed by atoms with Gasteiger partial charge >= 0.3 is 0 Å². The van der Waals surface area contributed by atoms with E-state index < -0.39 is 0 Å². The van der Waals surface area contributed by atoms with Crippen molar-refractivity contribution in [2.75, 3.05) is 7.05 Å². The van der Waals surface area contributed by atoms with E-state index in [1.807, 2.05) is 11.7 Å². The molecule has 2 rings (SSSR count). The van der Waals surface area contributed by atoms with E-state index in [1.165, 1.54) is 37.0 Å². The third kappa shape index (κ3) is 2.55. The van der Waals surface area contributed by atoms with Gasteiger partial charge in [-0.2, -0.15) is 0 Å². The standard InChI is InChI=1S/C11H18N2S/c1-12-10-4-2-3-9(5-10)6-11-7-13-8-14-11/h7-10,12H,2-6H2,1H3. The third-order valence-corrected chi connectivity index (χ3v) is 3.97. The minimum absolute atomic E-state index is 0.752. The molecule has 1 aromatic rings. The molecule has 14 heavy (non-hydrogen) atoms. The first kappa shape index (κ1) is 10.1. The molecular formula is C11H18N2S. The van der Waals surface area contributed by atoms with Crippen molar-refractivity contribution < 1.29 is 0 Å². The van der Waals surface area contributed by atoms with Gasteiger partial charge in [0, 0.05) is 17.1 Å². The van der Waals surface area contributed by atoms with Crippen LogP contribution in [0, 0.1) is 5.92 Å². The number of hydrogen-bond donors (Lipinski definition) is 1. The molecule has 0 bridgehead atoms. The molecule has 0 aliphatic heterocycles. The van der Waals surface area contributed by atoms with Crippen LogP contribution in [-0.4, -0.2) is 18.1 Å². The number of hydrogen-bond acceptors (Lipinski definition) is 3. The summed E-state index contributed by atoms with van der Waals surface area (Å²) in [6.07, 6.45) is 8.74. The second kappa shape index (κ2) is 4.89. The molecule has 0 radical (unpaired) electrons. The average Bonchev–Trinajstić information content (AvgIpc) is 2.71. The summed E-state index contributed by atoms with van der Waals surface area (Å²) in [5.74, 6) is 0.877. The molecule has 1 saturated carbocycles. The van der Waals surface area contributed by atoms with E-state index in [4.69, 9.17) is 0 Å². The lowest BCUT2D eigenvalue weighted by molar-refractivity contribution is 0.295. The molecule has 0 saturated heterocycles. The summed E-state index contributed by atoms with van der Waals surface area (Å²) in [7, 11) is 2.08. The minimum Gasteiger partial charge on any atom is -0.317 e. The van der Waals surface area contributed by atoms with Crippen molar-refractivity contribution in [3.63, 3.8) is 0 Å². The normalized spacial score (nSPS) is 27.8. The molecule has 2 atom stereocenters. The highest BCUT2D eigenvalue weighted by Gasteiger charge is 2.21. The van der Waals surface area contributed by atoms with E-state index in [-0.39, 0.29) is 0 Å². The van der Waals surface area contributed by atoms with Gasteiger partial charge in [-0.1, -0.05) is 6.42 Å². The Morgan fingerprint density at radius 2 is 2.50 bits per heavy atom. The maximum absolute atomic E-state index is 4.13. The largest absolute Gasteiger partial charge is 0.317 e. The van der Waals surface area contributed by atoms with E-state index in [2.05, 4.69) is 17.3 Å². The van der Waals surface area contributed by atoms with Crippen molar-refractivity contribution in [3.05, 3.63) is 16.6 Å². The number of nitrogens with one attached hydrogen (secondary N) is 1. The molecule has 0 spiro atoms. The van der Waals surface area contributed by atoms with Crippen LogP contribution >= 0.6 is 11.3 Å². The van der Waals surface area contributed by atoms with E-state index >= 15 is 0 Å². The smallest absolute Gasteiger partial charge is 0.0794 e. The fourth-order valence-corrected chi connectivity index (χ4v) is 3.08. The van der Waals surface area contributed by atoms with E-state index in [9.17, 15) is 0 Å². The lowest BCUT2D eigenvalue weighted by atomic mass is 9.83. The maximum Gasteiger partial charge on any atom is 0.0794 e. The topological polar surface area (TPSA) is 24.9 Å². The van der Waals surface area contributed by atoms with Gasteiger partial charge in [-0.15, -0.1) is 11.3 Å². The second-order valence-corrected chi connectivity index (χ2v) is 5.16. The Morgan fingerprint density at radius 1 is 1.57 bits per heavy atom.